The van der Waals surface area contributed by atoms with Gasteiger partial charge in [-0.3, -0.25) is 0 Å². The summed E-state index contributed by atoms with van der Waals surface area (Å²) in [5.74, 6) is -1.03. The summed E-state index contributed by atoms with van der Waals surface area (Å²) in [6.07, 6.45) is 2.65. The molecule has 0 bridgehead atoms. The number of aromatic nitrogens is 2. The van der Waals surface area contributed by atoms with Crippen LogP contribution in [0.3, 0.4) is 0 Å². The standard InChI is InChI=1S/C10H6Cl2N2O2/c11-7-1-8(12)3-9(2-7)14-5-6(4-13-14)10(15)16/h1-5H,(H,15,16). The lowest BCUT2D eigenvalue weighted by Gasteiger charge is -2.02. The van der Waals surface area contributed by atoms with E-state index < -0.39 is 5.97 Å². The van der Waals surface area contributed by atoms with Gasteiger partial charge >= 0.3 is 5.97 Å². The molecule has 2 aromatic rings. The quantitative estimate of drug-likeness (QED) is 0.899. The highest BCUT2D eigenvalue weighted by Gasteiger charge is 2.07. The summed E-state index contributed by atoms with van der Waals surface area (Å²) < 4.78 is 1.40. The van der Waals surface area contributed by atoms with Gasteiger partial charge in [0.15, 0.2) is 0 Å². The van der Waals surface area contributed by atoms with Crippen LogP contribution in [0.1, 0.15) is 10.4 Å². The molecule has 0 radical (unpaired) electrons. The molecule has 0 aliphatic carbocycles. The van der Waals surface area contributed by atoms with Crippen LogP contribution in [0, 0.1) is 0 Å². The van der Waals surface area contributed by atoms with Crippen LogP contribution < -0.4 is 0 Å². The molecule has 1 aromatic heterocycles. The average molecular weight is 257 g/mol. The molecule has 16 heavy (non-hydrogen) atoms. The van der Waals surface area contributed by atoms with Crippen molar-refractivity contribution in [2.45, 2.75) is 0 Å². The predicted molar refractivity (Wildman–Crippen MR) is 60.5 cm³/mol. The maximum absolute atomic E-state index is 10.7. The minimum absolute atomic E-state index is 0.107. The first-order chi connectivity index (χ1) is 7.56. The molecule has 6 heteroatoms. The highest BCUT2D eigenvalue weighted by molar-refractivity contribution is 6.34. The van der Waals surface area contributed by atoms with Gasteiger partial charge in [0.05, 0.1) is 17.4 Å². The molecular formula is C10H6Cl2N2O2. The third-order valence-electron chi connectivity index (χ3n) is 1.94. The molecule has 1 N–H and O–H groups in total. The lowest BCUT2D eigenvalue weighted by atomic mass is 10.3. The van der Waals surface area contributed by atoms with E-state index in [0.717, 1.165) is 0 Å². The summed E-state index contributed by atoms with van der Waals surface area (Å²) in [5, 5.41) is 13.6. The number of hydrogen-bond donors (Lipinski definition) is 1. The molecule has 0 fully saturated rings. The SMILES string of the molecule is O=C(O)c1cnn(-c2cc(Cl)cc(Cl)c2)c1. The molecule has 0 unspecified atom stereocenters. The number of nitrogens with zero attached hydrogens (tertiary/aromatic N) is 2. The van der Waals surface area contributed by atoms with Crippen molar-refractivity contribution >= 4 is 29.2 Å². The molecule has 4 nitrogen and oxygen atoms in total. The molecule has 0 aliphatic rings. The van der Waals surface area contributed by atoms with Crippen molar-refractivity contribution in [1.29, 1.82) is 0 Å². The summed E-state index contributed by atoms with van der Waals surface area (Å²) in [4.78, 5) is 10.7. The Morgan fingerprint density at radius 1 is 1.25 bits per heavy atom. The van der Waals surface area contributed by atoms with Gasteiger partial charge in [-0.25, -0.2) is 9.48 Å². The van der Waals surface area contributed by atoms with E-state index in [2.05, 4.69) is 5.10 Å². The summed E-state index contributed by atoms with van der Waals surface area (Å²) in [5.41, 5.74) is 0.723. The zero-order valence-electron chi connectivity index (χ0n) is 7.89. The fraction of sp³-hybridized carbons (Fsp3) is 0. The van der Waals surface area contributed by atoms with E-state index in [-0.39, 0.29) is 5.56 Å². The second-order valence-electron chi connectivity index (χ2n) is 3.11. The smallest absolute Gasteiger partial charge is 0.338 e. The number of halogens is 2. The first kappa shape index (κ1) is 11.0. The van der Waals surface area contributed by atoms with Crippen molar-refractivity contribution in [2.24, 2.45) is 0 Å². The van der Waals surface area contributed by atoms with E-state index in [0.29, 0.717) is 15.7 Å². The van der Waals surface area contributed by atoms with E-state index in [1.807, 2.05) is 0 Å². The van der Waals surface area contributed by atoms with E-state index in [1.54, 1.807) is 18.2 Å². The minimum Gasteiger partial charge on any atom is -0.478 e. The van der Waals surface area contributed by atoms with Gasteiger partial charge in [0.1, 0.15) is 0 Å². The Bertz CT molecular complexity index is 531. The molecule has 0 amide bonds. The van der Waals surface area contributed by atoms with Gasteiger partial charge in [-0.05, 0) is 18.2 Å². The lowest BCUT2D eigenvalue weighted by molar-refractivity contribution is 0.0697. The second kappa shape index (κ2) is 4.15. The van der Waals surface area contributed by atoms with Gasteiger partial charge < -0.3 is 5.11 Å². The maximum atomic E-state index is 10.7. The van der Waals surface area contributed by atoms with Crippen molar-refractivity contribution < 1.29 is 9.90 Å². The summed E-state index contributed by atoms with van der Waals surface area (Å²) in [7, 11) is 0. The summed E-state index contributed by atoms with van der Waals surface area (Å²) in [6.45, 7) is 0. The first-order valence-electron chi connectivity index (χ1n) is 4.31. The number of aromatic carboxylic acids is 1. The van der Waals surface area contributed by atoms with Gasteiger partial charge in [-0.15, -0.1) is 0 Å². The zero-order chi connectivity index (χ0) is 11.7. The predicted octanol–water partition coefficient (Wildman–Crippen LogP) is 2.88. The third kappa shape index (κ3) is 2.18. The van der Waals surface area contributed by atoms with E-state index in [1.165, 1.54) is 17.1 Å². The highest BCUT2D eigenvalue weighted by atomic mass is 35.5. The van der Waals surface area contributed by atoms with Crippen molar-refractivity contribution in [3.8, 4) is 5.69 Å². The fourth-order valence-electron chi connectivity index (χ4n) is 1.25. The fourth-order valence-corrected chi connectivity index (χ4v) is 1.76. The lowest BCUT2D eigenvalue weighted by Crippen LogP contribution is -1.95. The maximum Gasteiger partial charge on any atom is 0.338 e. The number of hydrogen-bond acceptors (Lipinski definition) is 2. The van der Waals surface area contributed by atoms with Crippen LogP contribution in [0.15, 0.2) is 30.6 Å². The van der Waals surface area contributed by atoms with Crippen LogP contribution in [-0.2, 0) is 0 Å². The second-order valence-corrected chi connectivity index (χ2v) is 3.98. The Kier molecular flexibility index (Phi) is 2.85. The van der Waals surface area contributed by atoms with Crippen LogP contribution in [-0.4, -0.2) is 20.9 Å². The van der Waals surface area contributed by atoms with Crippen molar-refractivity contribution in [3.63, 3.8) is 0 Å². The van der Waals surface area contributed by atoms with Crippen molar-refractivity contribution in [2.75, 3.05) is 0 Å². The van der Waals surface area contributed by atoms with Crippen LogP contribution >= 0.6 is 23.2 Å². The van der Waals surface area contributed by atoms with Crippen LogP contribution in [0.2, 0.25) is 10.0 Å². The Morgan fingerprint density at radius 2 is 1.88 bits per heavy atom. The van der Waals surface area contributed by atoms with Crippen LogP contribution in [0.25, 0.3) is 5.69 Å². The molecule has 0 saturated carbocycles. The molecule has 0 spiro atoms. The highest BCUT2D eigenvalue weighted by Crippen LogP contribution is 2.21. The molecule has 0 aliphatic heterocycles. The third-order valence-corrected chi connectivity index (χ3v) is 2.38. The molecule has 82 valence electrons. The van der Waals surface area contributed by atoms with Crippen molar-refractivity contribution in [1.82, 2.24) is 9.78 Å². The number of benzene rings is 1. The minimum atomic E-state index is -1.03. The molecule has 0 saturated heterocycles. The van der Waals surface area contributed by atoms with Crippen LogP contribution in [0.5, 0.6) is 0 Å². The van der Waals surface area contributed by atoms with Gasteiger partial charge in [-0.2, -0.15) is 5.10 Å². The molecule has 0 atom stereocenters. The van der Waals surface area contributed by atoms with Gasteiger partial charge in [0.2, 0.25) is 0 Å². The van der Waals surface area contributed by atoms with E-state index >= 15 is 0 Å². The summed E-state index contributed by atoms with van der Waals surface area (Å²) in [6, 6.07) is 4.88. The number of carboxylic acids is 1. The first-order valence-corrected chi connectivity index (χ1v) is 5.06. The van der Waals surface area contributed by atoms with Gasteiger partial charge in [-0.1, -0.05) is 23.2 Å². The Balaban J connectivity index is 2.46. The molecular weight excluding hydrogens is 251 g/mol. The monoisotopic (exact) mass is 256 g/mol. The van der Waals surface area contributed by atoms with Gasteiger partial charge in [0, 0.05) is 16.2 Å². The van der Waals surface area contributed by atoms with Gasteiger partial charge in [0.25, 0.3) is 0 Å². The Labute approximate surface area is 101 Å². The Morgan fingerprint density at radius 3 is 2.38 bits per heavy atom. The Hall–Kier alpha value is -1.52. The largest absolute Gasteiger partial charge is 0.478 e. The molecule has 1 heterocycles. The number of carboxylic acid groups (broad SMARTS) is 1. The van der Waals surface area contributed by atoms with E-state index in [9.17, 15) is 4.79 Å². The van der Waals surface area contributed by atoms with Crippen molar-refractivity contribution in [3.05, 3.63) is 46.2 Å². The number of rotatable bonds is 2. The normalized spacial score (nSPS) is 10.4. The molecule has 2 rings (SSSR count). The number of carbonyl (C=O) groups is 1. The average Bonchev–Trinajstić information content (AvgIpc) is 2.64. The summed E-state index contributed by atoms with van der Waals surface area (Å²) >= 11 is 11.7. The van der Waals surface area contributed by atoms with Crippen LogP contribution in [0.4, 0.5) is 0 Å². The zero-order valence-corrected chi connectivity index (χ0v) is 9.40. The topological polar surface area (TPSA) is 55.1 Å². The molecule has 1 aromatic carbocycles. The van der Waals surface area contributed by atoms with E-state index in [4.69, 9.17) is 28.3 Å².